The summed E-state index contributed by atoms with van der Waals surface area (Å²) in [5, 5.41) is 16.4. The highest BCUT2D eigenvalue weighted by Gasteiger charge is 2.07. The van der Waals surface area contributed by atoms with Crippen LogP contribution in [-0.2, 0) is 24.8 Å². The Bertz CT molecular complexity index is 980. The normalized spacial score (nSPS) is 11.5. The summed E-state index contributed by atoms with van der Waals surface area (Å²) in [6, 6.07) is 6.41. The zero-order chi connectivity index (χ0) is 21.3. The van der Waals surface area contributed by atoms with E-state index in [1.165, 1.54) is 22.0 Å². The summed E-state index contributed by atoms with van der Waals surface area (Å²) in [6.45, 7) is 9.64. The molecule has 0 bridgehead atoms. The van der Waals surface area contributed by atoms with Crippen LogP contribution in [0.15, 0.2) is 29.4 Å². The third-order valence-electron chi connectivity index (χ3n) is 5.22. The molecule has 8 nitrogen and oxygen atoms in total. The van der Waals surface area contributed by atoms with Crippen molar-refractivity contribution in [1.29, 1.82) is 0 Å². The van der Waals surface area contributed by atoms with Crippen LogP contribution in [0.4, 0.5) is 0 Å². The number of aromatic amines is 1. The first-order valence-electron chi connectivity index (χ1n) is 10.6. The van der Waals surface area contributed by atoms with Gasteiger partial charge in [0.2, 0.25) is 0 Å². The lowest BCUT2D eigenvalue weighted by Gasteiger charge is -2.12. The monoisotopic (exact) mass is 539 g/mol. The molecule has 9 heteroatoms. The maximum atomic E-state index is 5.42. The number of aliphatic imine (C=N–C) groups is 1. The van der Waals surface area contributed by atoms with E-state index in [0.29, 0.717) is 6.54 Å². The molecule has 31 heavy (non-hydrogen) atoms. The van der Waals surface area contributed by atoms with Crippen LogP contribution < -0.4 is 10.6 Å². The molecule has 3 aromatic rings. The number of aryl methyl sites for hydroxylation is 2. The fraction of sp³-hybridized carbons (Fsp3) is 0.500. The SMILES string of the molecule is CCOCCCNC(=NCc1nnc(C)n1C)NCCc1c[nH]c2c(C)cccc12.I. The highest BCUT2D eigenvalue weighted by Crippen LogP contribution is 2.21. The van der Waals surface area contributed by atoms with Gasteiger partial charge in [-0.3, -0.25) is 0 Å². The summed E-state index contributed by atoms with van der Waals surface area (Å²) in [5.41, 5.74) is 3.79. The van der Waals surface area contributed by atoms with E-state index in [0.717, 1.165) is 56.8 Å². The number of benzene rings is 1. The van der Waals surface area contributed by atoms with Crippen LogP contribution in [-0.4, -0.2) is 52.0 Å². The van der Waals surface area contributed by atoms with Crippen molar-refractivity contribution in [3.05, 3.63) is 47.2 Å². The maximum Gasteiger partial charge on any atom is 0.191 e. The number of para-hydroxylation sites is 1. The predicted molar refractivity (Wildman–Crippen MR) is 136 cm³/mol. The van der Waals surface area contributed by atoms with Gasteiger partial charge in [-0.15, -0.1) is 34.2 Å². The van der Waals surface area contributed by atoms with Gasteiger partial charge in [0.15, 0.2) is 11.8 Å². The van der Waals surface area contributed by atoms with Crippen molar-refractivity contribution in [2.75, 3.05) is 26.3 Å². The number of H-pyrrole nitrogens is 1. The van der Waals surface area contributed by atoms with Crippen LogP contribution in [0, 0.1) is 13.8 Å². The second-order valence-electron chi connectivity index (χ2n) is 7.35. The molecule has 0 saturated carbocycles. The third-order valence-corrected chi connectivity index (χ3v) is 5.22. The Kier molecular flexibility index (Phi) is 10.3. The van der Waals surface area contributed by atoms with Gasteiger partial charge in [-0.25, -0.2) is 4.99 Å². The molecular weight excluding hydrogens is 505 g/mol. The molecule has 0 radical (unpaired) electrons. The van der Waals surface area contributed by atoms with Crippen molar-refractivity contribution in [2.45, 2.75) is 40.2 Å². The Morgan fingerprint density at radius 1 is 1.19 bits per heavy atom. The summed E-state index contributed by atoms with van der Waals surface area (Å²) < 4.78 is 7.38. The highest BCUT2D eigenvalue weighted by atomic mass is 127. The number of aromatic nitrogens is 4. The molecule has 0 atom stereocenters. The molecule has 0 spiro atoms. The fourth-order valence-electron chi connectivity index (χ4n) is 3.32. The molecule has 0 fully saturated rings. The van der Waals surface area contributed by atoms with Crippen LogP contribution in [0.3, 0.4) is 0 Å². The highest BCUT2D eigenvalue weighted by molar-refractivity contribution is 14.0. The molecular formula is C22H34IN7O. The second-order valence-corrected chi connectivity index (χ2v) is 7.35. The summed E-state index contributed by atoms with van der Waals surface area (Å²) in [5.74, 6) is 2.51. The molecule has 2 heterocycles. The number of guanidine groups is 1. The third kappa shape index (κ3) is 6.93. The van der Waals surface area contributed by atoms with E-state index in [4.69, 9.17) is 9.73 Å². The summed E-state index contributed by atoms with van der Waals surface area (Å²) in [6.07, 6.45) is 3.94. The zero-order valence-corrected chi connectivity index (χ0v) is 21.2. The van der Waals surface area contributed by atoms with Crippen molar-refractivity contribution in [3.63, 3.8) is 0 Å². The minimum atomic E-state index is 0. The standard InChI is InChI=1S/C22H33N7O.HI/c1-5-30-13-7-11-23-22(26-15-20-28-27-17(3)29(20)4)24-12-10-18-14-25-21-16(2)8-6-9-19(18)21;/h6,8-9,14,25H,5,7,10-13,15H2,1-4H3,(H2,23,24,26);1H. The quantitative estimate of drug-likeness (QED) is 0.159. The van der Waals surface area contributed by atoms with Gasteiger partial charge in [0.05, 0.1) is 0 Å². The minimum absolute atomic E-state index is 0. The topological polar surface area (TPSA) is 92.2 Å². The molecule has 2 aromatic heterocycles. The summed E-state index contributed by atoms with van der Waals surface area (Å²) >= 11 is 0. The zero-order valence-electron chi connectivity index (χ0n) is 18.9. The van der Waals surface area contributed by atoms with Crippen LogP contribution >= 0.6 is 24.0 Å². The van der Waals surface area contributed by atoms with Crippen LogP contribution in [0.2, 0.25) is 0 Å². The number of ether oxygens (including phenoxy) is 1. The van der Waals surface area contributed by atoms with Crippen molar-refractivity contribution >= 4 is 40.8 Å². The summed E-state index contributed by atoms with van der Waals surface area (Å²) in [7, 11) is 1.96. The van der Waals surface area contributed by atoms with Gasteiger partial charge in [-0.1, -0.05) is 18.2 Å². The van der Waals surface area contributed by atoms with Gasteiger partial charge < -0.3 is 24.9 Å². The minimum Gasteiger partial charge on any atom is -0.382 e. The lowest BCUT2D eigenvalue weighted by molar-refractivity contribution is 0.145. The van der Waals surface area contributed by atoms with E-state index in [1.807, 2.05) is 25.5 Å². The average molecular weight is 539 g/mol. The Hall–Kier alpha value is -2.14. The first-order chi connectivity index (χ1) is 14.6. The van der Waals surface area contributed by atoms with Crippen molar-refractivity contribution < 1.29 is 4.74 Å². The van der Waals surface area contributed by atoms with Crippen LogP contribution in [0.1, 0.15) is 36.1 Å². The van der Waals surface area contributed by atoms with E-state index in [1.54, 1.807) is 0 Å². The van der Waals surface area contributed by atoms with E-state index < -0.39 is 0 Å². The Labute approximate surface area is 201 Å². The van der Waals surface area contributed by atoms with E-state index in [-0.39, 0.29) is 24.0 Å². The maximum absolute atomic E-state index is 5.42. The van der Waals surface area contributed by atoms with Gasteiger partial charge in [0.25, 0.3) is 0 Å². The Morgan fingerprint density at radius 2 is 2.00 bits per heavy atom. The first-order valence-corrected chi connectivity index (χ1v) is 10.6. The molecule has 1 aromatic carbocycles. The number of hydrogen-bond donors (Lipinski definition) is 3. The molecule has 170 valence electrons. The van der Waals surface area contributed by atoms with Gasteiger partial charge in [0.1, 0.15) is 12.4 Å². The number of halogens is 1. The predicted octanol–water partition coefficient (Wildman–Crippen LogP) is 3.24. The fourth-order valence-corrected chi connectivity index (χ4v) is 3.32. The number of fused-ring (bicyclic) bond motifs is 1. The summed E-state index contributed by atoms with van der Waals surface area (Å²) in [4.78, 5) is 8.10. The van der Waals surface area contributed by atoms with E-state index in [9.17, 15) is 0 Å². The van der Waals surface area contributed by atoms with E-state index >= 15 is 0 Å². The Balaban J connectivity index is 0.00000341. The number of hydrogen-bond acceptors (Lipinski definition) is 4. The number of nitrogens with one attached hydrogen (secondary N) is 3. The van der Waals surface area contributed by atoms with Crippen molar-refractivity contribution in [2.24, 2.45) is 12.0 Å². The molecule has 3 N–H and O–H groups in total. The van der Waals surface area contributed by atoms with Gasteiger partial charge in [-0.2, -0.15) is 0 Å². The number of rotatable bonds is 10. The van der Waals surface area contributed by atoms with Crippen molar-refractivity contribution in [3.8, 4) is 0 Å². The lowest BCUT2D eigenvalue weighted by atomic mass is 10.1. The van der Waals surface area contributed by atoms with Crippen molar-refractivity contribution in [1.82, 2.24) is 30.4 Å². The van der Waals surface area contributed by atoms with Gasteiger partial charge >= 0.3 is 0 Å². The van der Waals surface area contributed by atoms with Crippen LogP contribution in [0.25, 0.3) is 10.9 Å². The molecule has 0 aliphatic carbocycles. The smallest absolute Gasteiger partial charge is 0.191 e. The lowest BCUT2D eigenvalue weighted by Crippen LogP contribution is -2.39. The largest absolute Gasteiger partial charge is 0.382 e. The van der Waals surface area contributed by atoms with Gasteiger partial charge in [0, 0.05) is 50.5 Å². The molecule has 0 aliphatic rings. The molecule has 3 rings (SSSR count). The first kappa shape index (κ1) is 25.1. The molecule has 0 aliphatic heterocycles. The van der Waals surface area contributed by atoms with E-state index in [2.05, 4.69) is 57.1 Å². The molecule has 0 unspecified atom stereocenters. The van der Waals surface area contributed by atoms with Gasteiger partial charge in [-0.05, 0) is 44.7 Å². The molecule has 0 saturated heterocycles. The average Bonchev–Trinajstić information content (AvgIpc) is 3.30. The van der Waals surface area contributed by atoms with Crippen LogP contribution in [0.5, 0.6) is 0 Å². The second kappa shape index (κ2) is 12.7. The Morgan fingerprint density at radius 3 is 2.74 bits per heavy atom. The molecule has 0 amide bonds. The number of nitrogens with zero attached hydrogens (tertiary/aromatic N) is 4.